The van der Waals surface area contributed by atoms with E-state index < -0.39 is 0 Å². The minimum absolute atomic E-state index is 0.398. The number of aromatic hydroxyl groups is 1. The summed E-state index contributed by atoms with van der Waals surface area (Å²) in [4.78, 5) is 2.57. The van der Waals surface area contributed by atoms with Crippen LogP contribution in [0.3, 0.4) is 0 Å². The maximum absolute atomic E-state index is 9.61. The van der Waals surface area contributed by atoms with Gasteiger partial charge in [0.25, 0.3) is 0 Å². The van der Waals surface area contributed by atoms with Crippen LogP contribution >= 0.6 is 0 Å². The van der Waals surface area contributed by atoms with E-state index in [0.29, 0.717) is 5.75 Å². The van der Waals surface area contributed by atoms with Crippen molar-refractivity contribution in [2.75, 3.05) is 19.6 Å². The highest BCUT2D eigenvalue weighted by Crippen LogP contribution is 2.21. The molecule has 1 aliphatic rings. The molecule has 3 rings (SSSR count). The van der Waals surface area contributed by atoms with Gasteiger partial charge in [0, 0.05) is 13.1 Å². The van der Waals surface area contributed by atoms with Crippen molar-refractivity contribution in [1.29, 1.82) is 0 Å². The van der Waals surface area contributed by atoms with Crippen LogP contribution in [0.2, 0.25) is 0 Å². The third-order valence-electron chi connectivity index (χ3n) is 4.62. The SMILES string of the molecule is Oc1ccc2c(c1)CCN(CCCCc1ccccc1)CC2. The first-order valence-electron chi connectivity index (χ1n) is 8.38. The first kappa shape index (κ1) is 15.1. The minimum Gasteiger partial charge on any atom is -0.508 e. The Balaban J connectivity index is 1.43. The Bertz CT molecular complexity index is 594. The first-order chi connectivity index (χ1) is 10.8. The average molecular weight is 295 g/mol. The highest BCUT2D eigenvalue weighted by Gasteiger charge is 2.13. The molecule has 0 radical (unpaired) electrons. The first-order valence-corrected chi connectivity index (χ1v) is 8.38. The van der Waals surface area contributed by atoms with E-state index in [0.717, 1.165) is 25.9 Å². The van der Waals surface area contributed by atoms with Crippen LogP contribution in [0.1, 0.15) is 29.5 Å². The van der Waals surface area contributed by atoms with Crippen molar-refractivity contribution in [1.82, 2.24) is 4.90 Å². The van der Waals surface area contributed by atoms with E-state index in [9.17, 15) is 5.11 Å². The van der Waals surface area contributed by atoms with Crippen molar-refractivity contribution in [3.05, 3.63) is 65.2 Å². The molecule has 0 saturated heterocycles. The molecule has 2 nitrogen and oxygen atoms in total. The average Bonchev–Trinajstić information content (AvgIpc) is 2.75. The van der Waals surface area contributed by atoms with Crippen molar-refractivity contribution in [3.8, 4) is 5.75 Å². The van der Waals surface area contributed by atoms with Crippen LogP contribution in [-0.4, -0.2) is 29.6 Å². The molecule has 1 aliphatic heterocycles. The molecule has 0 bridgehead atoms. The molecule has 0 aromatic heterocycles. The van der Waals surface area contributed by atoms with E-state index >= 15 is 0 Å². The lowest BCUT2D eigenvalue weighted by Crippen LogP contribution is -2.27. The van der Waals surface area contributed by atoms with Gasteiger partial charge in [-0.3, -0.25) is 0 Å². The lowest BCUT2D eigenvalue weighted by molar-refractivity contribution is 0.281. The van der Waals surface area contributed by atoms with E-state index in [1.165, 1.54) is 42.5 Å². The fraction of sp³-hybridized carbons (Fsp3) is 0.400. The smallest absolute Gasteiger partial charge is 0.115 e. The van der Waals surface area contributed by atoms with Crippen molar-refractivity contribution in [2.24, 2.45) is 0 Å². The molecule has 2 aromatic carbocycles. The van der Waals surface area contributed by atoms with Gasteiger partial charge in [0.1, 0.15) is 5.75 Å². The quantitative estimate of drug-likeness (QED) is 0.848. The summed E-state index contributed by atoms with van der Waals surface area (Å²) in [6, 6.07) is 16.6. The Morgan fingerprint density at radius 2 is 1.64 bits per heavy atom. The molecule has 0 unspecified atom stereocenters. The van der Waals surface area contributed by atoms with Gasteiger partial charge in [-0.2, -0.15) is 0 Å². The Labute approximate surface area is 133 Å². The van der Waals surface area contributed by atoms with Crippen LogP contribution in [0.4, 0.5) is 0 Å². The standard InChI is InChI=1S/C20H25NO/c22-20-10-9-18-11-14-21(15-12-19(18)16-20)13-5-4-8-17-6-2-1-3-7-17/h1-3,6-7,9-10,16,22H,4-5,8,11-15H2. The minimum atomic E-state index is 0.398. The van der Waals surface area contributed by atoms with E-state index in [1.807, 2.05) is 12.1 Å². The molecule has 0 amide bonds. The molecule has 0 aliphatic carbocycles. The van der Waals surface area contributed by atoms with E-state index in [-0.39, 0.29) is 0 Å². The zero-order valence-corrected chi connectivity index (χ0v) is 13.2. The Kier molecular flexibility index (Phi) is 5.12. The van der Waals surface area contributed by atoms with Gasteiger partial charge in [0.2, 0.25) is 0 Å². The number of nitrogens with zero attached hydrogens (tertiary/aromatic N) is 1. The van der Waals surface area contributed by atoms with E-state index in [4.69, 9.17) is 0 Å². The van der Waals surface area contributed by atoms with Crippen LogP contribution in [0.15, 0.2) is 48.5 Å². The lowest BCUT2D eigenvalue weighted by atomic mass is 10.0. The summed E-state index contributed by atoms with van der Waals surface area (Å²) in [6.45, 7) is 3.44. The summed E-state index contributed by atoms with van der Waals surface area (Å²) in [5.74, 6) is 0.398. The third kappa shape index (κ3) is 4.11. The molecule has 0 fully saturated rings. The molecule has 1 heterocycles. The number of hydrogen-bond donors (Lipinski definition) is 1. The number of fused-ring (bicyclic) bond motifs is 1. The van der Waals surface area contributed by atoms with Crippen LogP contribution < -0.4 is 0 Å². The Hall–Kier alpha value is -1.80. The van der Waals surface area contributed by atoms with Crippen molar-refractivity contribution >= 4 is 0 Å². The second-order valence-corrected chi connectivity index (χ2v) is 6.24. The van der Waals surface area contributed by atoms with Gasteiger partial charge in [-0.05, 0) is 67.5 Å². The van der Waals surface area contributed by atoms with Crippen LogP contribution in [0.25, 0.3) is 0 Å². The van der Waals surface area contributed by atoms with Crippen LogP contribution in [0.5, 0.6) is 5.75 Å². The summed E-state index contributed by atoms with van der Waals surface area (Å²) < 4.78 is 0. The topological polar surface area (TPSA) is 23.5 Å². The fourth-order valence-electron chi connectivity index (χ4n) is 3.29. The zero-order valence-electron chi connectivity index (χ0n) is 13.2. The predicted octanol–water partition coefficient (Wildman–Crippen LogP) is 3.82. The van der Waals surface area contributed by atoms with Gasteiger partial charge in [-0.25, -0.2) is 0 Å². The number of rotatable bonds is 5. The molecule has 2 aromatic rings. The predicted molar refractivity (Wildman–Crippen MR) is 91.3 cm³/mol. The zero-order chi connectivity index (χ0) is 15.2. The number of phenolic OH excluding ortho intramolecular Hbond substituents is 1. The maximum Gasteiger partial charge on any atom is 0.115 e. The number of unbranched alkanes of at least 4 members (excludes halogenated alkanes) is 1. The van der Waals surface area contributed by atoms with Crippen LogP contribution in [-0.2, 0) is 19.3 Å². The largest absolute Gasteiger partial charge is 0.508 e. The molecule has 0 saturated carbocycles. The number of aryl methyl sites for hydroxylation is 1. The molecule has 116 valence electrons. The molecular weight excluding hydrogens is 270 g/mol. The Morgan fingerprint density at radius 1 is 0.864 bits per heavy atom. The van der Waals surface area contributed by atoms with Crippen molar-refractivity contribution < 1.29 is 5.11 Å². The monoisotopic (exact) mass is 295 g/mol. The highest BCUT2D eigenvalue weighted by atomic mass is 16.3. The molecular formula is C20H25NO. The van der Waals surface area contributed by atoms with Gasteiger partial charge < -0.3 is 10.0 Å². The number of benzene rings is 2. The van der Waals surface area contributed by atoms with Gasteiger partial charge in [0.15, 0.2) is 0 Å². The van der Waals surface area contributed by atoms with Crippen molar-refractivity contribution in [2.45, 2.75) is 32.1 Å². The lowest BCUT2D eigenvalue weighted by Gasteiger charge is -2.19. The fourth-order valence-corrected chi connectivity index (χ4v) is 3.29. The van der Waals surface area contributed by atoms with Gasteiger partial charge >= 0.3 is 0 Å². The second-order valence-electron chi connectivity index (χ2n) is 6.24. The number of phenols is 1. The molecule has 0 atom stereocenters. The maximum atomic E-state index is 9.61. The highest BCUT2D eigenvalue weighted by molar-refractivity contribution is 5.36. The van der Waals surface area contributed by atoms with Gasteiger partial charge in [-0.1, -0.05) is 36.4 Å². The summed E-state index contributed by atoms with van der Waals surface area (Å²) in [6.07, 6.45) is 5.87. The van der Waals surface area contributed by atoms with Gasteiger partial charge in [0.05, 0.1) is 0 Å². The van der Waals surface area contributed by atoms with E-state index in [1.54, 1.807) is 0 Å². The van der Waals surface area contributed by atoms with Crippen molar-refractivity contribution in [3.63, 3.8) is 0 Å². The second kappa shape index (κ2) is 7.46. The Morgan fingerprint density at radius 3 is 2.45 bits per heavy atom. The summed E-state index contributed by atoms with van der Waals surface area (Å²) in [7, 11) is 0. The van der Waals surface area contributed by atoms with Crippen LogP contribution in [0, 0.1) is 0 Å². The molecule has 2 heteroatoms. The molecule has 1 N–H and O–H groups in total. The summed E-state index contributed by atoms with van der Waals surface area (Å²) in [5, 5.41) is 9.61. The normalized spacial score (nSPS) is 15.3. The summed E-state index contributed by atoms with van der Waals surface area (Å²) >= 11 is 0. The summed E-state index contributed by atoms with van der Waals surface area (Å²) in [5.41, 5.74) is 4.18. The number of hydrogen-bond acceptors (Lipinski definition) is 2. The van der Waals surface area contributed by atoms with Gasteiger partial charge in [-0.15, -0.1) is 0 Å². The molecule has 0 spiro atoms. The molecule has 22 heavy (non-hydrogen) atoms. The van der Waals surface area contributed by atoms with E-state index in [2.05, 4.69) is 41.3 Å². The third-order valence-corrected chi connectivity index (χ3v) is 4.62.